The van der Waals surface area contributed by atoms with Crippen LogP contribution >= 0.6 is 0 Å². The Labute approximate surface area is 139 Å². The fraction of sp³-hybridized carbons (Fsp3) is 0.389. The summed E-state index contributed by atoms with van der Waals surface area (Å²) in [4.78, 5) is 18.2. The van der Waals surface area contributed by atoms with Gasteiger partial charge in [-0.05, 0) is 31.1 Å². The average molecular weight is 326 g/mol. The van der Waals surface area contributed by atoms with E-state index in [0.29, 0.717) is 17.8 Å². The average Bonchev–Trinajstić information content (AvgIpc) is 3.21. The molecule has 2 aromatic heterocycles. The SMILES string of the molecule is CC(=O)c1cnc2ccc(N3CCC[C@@H]3C3C=CC=C(F)C3)nn12. The molecule has 1 saturated heterocycles. The molecule has 1 fully saturated rings. The molecule has 6 heteroatoms. The number of halogens is 1. The molecule has 0 amide bonds. The van der Waals surface area contributed by atoms with Gasteiger partial charge in [0.1, 0.15) is 17.3 Å². The van der Waals surface area contributed by atoms with E-state index in [1.54, 1.807) is 16.8 Å². The van der Waals surface area contributed by atoms with Gasteiger partial charge >= 0.3 is 0 Å². The van der Waals surface area contributed by atoms with Crippen LogP contribution in [0.15, 0.2) is 42.4 Å². The Morgan fingerprint density at radius 2 is 2.25 bits per heavy atom. The van der Waals surface area contributed by atoms with Crippen molar-refractivity contribution in [2.24, 2.45) is 5.92 Å². The molecule has 1 aliphatic heterocycles. The van der Waals surface area contributed by atoms with Crippen molar-refractivity contribution in [1.82, 2.24) is 14.6 Å². The van der Waals surface area contributed by atoms with E-state index in [-0.39, 0.29) is 23.6 Å². The van der Waals surface area contributed by atoms with Gasteiger partial charge in [0.2, 0.25) is 0 Å². The monoisotopic (exact) mass is 326 g/mol. The highest BCUT2D eigenvalue weighted by Gasteiger charge is 2.33. The molecule has 2 aliphatic rings. The van der Waals surface area contributed by atoms with E-state index in [0.717, 1.165) is 25.2 Å². The Morgan fingerprint density at radius 1 is 1.38 bits per heavy atom. The smallest absolute Gasteiger partial charge is 0.179 e. The van der Waals surface area contributed by atoms with Gasteiger partial charge in [0, 0.05) is 31.8 Å². The number of aromatic nitrogens is 3. The highest BCUT2D eigenvalue weighted by Crippen LogP contribution is 2.34. The van der Waals surface area contributed by atoms with Gasteiger partial charge in [-0.2, -0.15) is 0 Å². The molecule has 0 N–H and O–H groups in total. The summed E-state index contributed by atoms with van der Waals surface area (Å²) in [6.07, 6.45) is 9.51. The Hall–Kier alpha value is -2.50. The van der Waals surface area contributed by atoms with Gasteiger partial charge in [-0.3, -0.25) is 4.79 Å². The number of carbonyl (C=O) groups is 1. The number of nitrogens with zero attached hydrogens (tertiary/aromatic N) is 4. The fourth-order valence-corrected chi connectivity index (χ4v) is 3.71. The molecule has 0 saturated carbocycles. The quantitative estimate of drug-likeness (QED) is 0.812. The minimum Gasteiger partial charge on any atom is -0.352 e. The van der Waals surface area contributed by atoms with Crippen LogP contribution in [0.1, 0.15) is 36.7 Å². The van der Waals surface area contributed by atoms with E-state index >= 15 is 0 Å². The normalized spacial score (nSPS) is 23.8. The summed E-state index contributed by atoms with van der Waals surface area (Å²) in [5, 5.41) is 4.63. The Morgan fingerprint density at radius 3 is 3.04 bits per heavy atom. The summed E-state index contributed by atoms with van der Waals surface area (Å²) in [6.45, 7) is 2.40. The maximum absolute atomic E-state index is 13.7. The van der Waals surface area contributed by atoms with E-state index in [4.69, 9.17) is 0 Å². The second-order valence-electron chi connectivity index (χ2n) is 6.43. The Kier molecular flexibility index (Phi) is 3.67. The standard InChI is InChI=1S/C18H19FN4O/c1-12(24)16-11-20-17-7-8-18(21-23(16)17)22-9-3-6-15(22)13-4-2-5-14(19)10-13/h2,4-5,7-8,11,13,15H,3,6,9-10H2,1H3/t13?,15-/m1/s1. The van der Waals surface area contributed by atoms with Crippen molar-refractivity contribution < 1.29 is 9.18 Å². The lowest BCUT2D eigenvalue weighted by molar-refractivity contribution is 0.101. The van der Waals surface area contributed by atoms with Crippen molar-refractivity contribution in [3.05, 3.63) is 48.1 Å². The second kappa shape index (κ2) is 5.85. The summed E-state index contributed by atoms with van der Waals surface area (Å²) in [7, 11) is 0. The van der Waals surface area contributed by atoms with Crippen LogP contribution in [-0.2, 0) is 0 Å². The van der Waals surface area contributed by atoms with Crippen LogP contribution in [0.4, 0.5) is 10.2 Å². The number of ketones is 1. The summed E-state index contributed by atoms with van der Waals surface area (Å²) in [5.74, 6) is 0.845. The van der Waals surface area contributed by atoms with Crippen molar-refractivity contribution in [3.8, 4) is 0 Å². The number of allylic oxidation sites excluding steroid dienone is 3. The van der Waals surface area contributed by atoms with Crippen molar-refractivity contribution in [1.29, 1.82) is 0 Å². The second-order valence-corrected chi connectivity index (χ2v) is 6.43. The lowest BCUT2D eigenvalue weighted by Gasteiger charge is -2.31. The van der Waals surface area contributed by atoms with Crippen LogP contribution in [0.5, 0.6) is 0 Å². The first-order valence-corrected chi connectivity index (χ1v) is 8.29. The third-order valence-electron chi connectivity index (χ3n) is 4.86. The van der Waals surface area contributed by atoms with Crippen molar-refractivity contribution in [2.45, 2.75) is 32.2 Å². The lowest BCUT2D eigenvalue weighted by atomic mass is 9.90. The van der Waals surface area contributed by atoms with Gasteiger partial charge in [0.05, 0.1) is 6.20 Å². The zero-order valence-electron chi connectivity index (χ0n) is 13.5. The maximum atomic E-state index is 13.7. The molecule has 3 heterocycles. The number of fused-ring (bicyclic) bond motifs is 1. The van der Waals surface area contributed by atoms with Gasteiger partial charge in [-0.1, -0.05) is 12.2 Å². The number of carbonyl (C=O) groups excluding carboxylic acids is 1. The van der Waals surface area contributed by atoms with Crippen LogP contribution in [0.3, 0.4) is 0 Å². The largest absolute Gasteiger partial charge is 0.352 e. The summed E-state index contributed by atoms with van der Waals surface area (Å²) >= 11 is 0. The molecule has 2 atom stereocenters. The molecule has 124 valence electrons. The minimum atomic E-state index is -0.0637. The third kappa shape index (κ3) is 2.52. The van der Waals surface area contributed by atoms with E-state index in [1.165, 1.54) is 13.0 Å². The van der Waals surface area contributed by atoms with Gasteiger partial charge in [0.25, 0.3) is 0 Å². The van der Waals surface area contributed by atoms with Gasteiger partial charge in [0.15, 0.2) is 11.4 Å². The number of anilines is 1. The van der Waals surface area contributed by atoms with Gasteiger partial charge < -0.3 is 4.90 Å². The zero-order valence-corrected chi connectivity index (χ0v) is 13.5. The van der Waals surface area contributed by atoms with Crippen LogP contribution in [-0.4, -0.2) is 33.0 Å². The predicted molar refractivity (Wildman–Crippen MR) is 89.8 cm³/mol. The molecule has 0 aromatic carbocycles. The molecule has 2 aromatic rings. The van der Waals surface area contributed by atoms with Crippen LogP contribution in [0.2, 0.25) is 0 Å². The molecular weight excluding hydrogens is 307 g/mol. The number of hydrogen-bond acceptors (Lipinski definition) is 4. The van der Waals surface area contributed by atoms with E-state index in [1.807, 2.05) is 12.1 Å². The number of hydrogen-bond donors (Lipinski definition) is 0. The molecule has 5 nitrogen and oxygen atoms in total. The van der Waals surface area contributed by atoms with Gasteiger partial charge in [-0.25, -0.2) is 13.9 Å². The number of Topliss-reactive ketones (excluding diaryl/α,β-unsaturated/α-hetero) is 1. The van der Waals surface area contributed by atoms with Crippen molar-refractivity contribution >= 4 is 17.2 Å². The molecular formula is C18H19FN4O. The predicted octanol–water partition coefficient (Wildman–Crippen LogP) is 3.33. The van der Waals surface area contributed by atoms with E-state index in [2.05, 4.69) is 21.1 Å². The molecule has 0 spiro atoms. The third-order valence-corrected chi connectivity index (χ3v) is 4.86. The fourth-order valence-electron chi connectivity index (χ4n) is 3.71. The van der Waals surface area contributed by atoms with Gasteiger partial charge in [-0.15, -0.1) is 5.10 Å². The van der Waals surface area contributed by atoms with Crippen LogP contribution in [0, 0.1) is 5.92 Å². The lowest BCUT2D eigenvalue weighted by Crippen LogP contribution is -2.36. The first kappa shape index (κ1) is 15.1. The molecule has 1 unspecified atom stereocenters. The first-order chi connectivity index (χ1) is 11.6. The maximum Gasteiger partial charge on any atom is 0.179 e. The molecule has 0 radical (unpaired) electrons. The van der Waals surface area contributed by atoms with Crippen LogP contribution in [0.25, 0.3) is 5.65 Å². The van der Waals surface area contributed by atoms with Crippen molar-refractivity contribution in [3.63, 3.8) is 0 Å². The van der Waals surface area contributed by atoms with Crippen molar-refractivity contribution in [2.75, 3.05) is 11.4 Å². The first-order valence-electron chi connectivity index (χ1n) is 8.29. The molecule has 1 aliphatic carbocycles. The highest BCUT2D eigenvalue weighted by atomic mass is 19.1. The summed E-state index contributed by atoms with van der Waals surface area (Å²) in [6, 6.07) is 4.04. The molecule has 0 bridgehead atoms. The highest BCUT2D eigenvalue weighted by molar-refractivity contribution is 5.92. The molecule has 24 heavy (non-hydrogen) atoms. The Balaban J connectivity index is 1.68. The zero-order chi connectivity index (χ0) is 16.7. The minimum absolute atomic E-state index is 0.0625. The number of imidazole rings is 1. The molecule has 4 rings (SSSR count). The van der Waals surface area contributed by atoms with Crippen LogP contribution < -0.4 is 4.90 Å². The van der Waals surface area contributed by atoms with E-state index < -0.39 is 0 Å². The topological polar surface area (TPSA) is 50.5 Å². The summed E-state index contributed by atoms with van der Waals surface area (Å²) in [5.41, 5.74) is 1.14. The Bertz CT molecular complexity index is 854. The summed E-state index contributed by atoms with van der Waals surface area (Å²) < 4.78 is 15.3. The number of rotatable bonds is 3. The van der Waals surface area contributed by atoms with E-state index in [9.17, 15) is 9.18 Å².